The molecule has 1 N–H and O–H groups in total. The molecule has 0 amide bonds. The summed E-state index contributed by atoms with van der Waals surface area (Å²) in [6.07, 6.45) is 1.36. The van der Waals surface area contributed by atoms with E-state index in [1.54, 1.807) is 0 Å². The lowest BCUT2D eigenvalue weighted by atomic mass is 10.2. The highest BCUT2D eigenvalue weighted by Gasteiger charge is 2.10. The number of nitriles is 1. The molecule has 3 aromatic rings. The van der Waals surface area contributed by atoms with Crippen molar-refractivity contribution in [2.45, 2.75) is 0 Å². The smallest absolute Gasteiger partial charge is 0.149 e. The van der Waals surface area contributed by atoms with Gasteiger partial charge in [-0.2, -0.15) is 5.26 Å². The molecule has 0 aliphatic carbocycles. The second-order valence-electron chi connectivity index (χ2n) is 4.98. The maximum atomic E-state index is 13.6. The Labute approximate surface area is 155 Å². The Kier molecular flexibility index (Phi) is 5.22. The van der Waals surface area contributed by atoms with Gasteiger partial charge in [-0.25, -0.2) is 13.8 Å². The molecule has 0 saturated heterocycles. The van der Waals surface area contributed by atoms with Crippen LogP contribution in [0.1, 0.15) is 5.01 Å². The minimum Gasteiger partial charge on any atom is -0.358 e. The Hall–Kier alpha value is -2.56. The lowest BCUT2D eigenvalue weighted by molar-refractivity contribution is 0.586. The molecule has 2 aromatic carbocycles. The number of hydrogen-bond donors (Lipinski definition) is 1. The Balaban J connectivity index is 1.84. The molecule has 124 valence electrons. The van der Waals surface area contributed by atoms with Gasteiger partial charge in [-0.1, -0.05) is 28.1 Å². The van der Waals surface area contributed by atoms with Crippen LogP contribution >= 0.6 is 27.3 Å². The van der Waals surface area contributed by atoms with Gasteiger partial charge in [0.05, 0.1) is 11.4 Å². The third-order valence-electron chi connectivity index (χ3n) is 3.30. The summed E-state index contributed by atoms with van der Waals surface area (Å²) in [6.45, 7) is 0. The summed E-state index contributed by atoms with van der Waals surface area (Å²) in [5.41, 5.74) is 2.03. The van der Waals surface area contributed by atoms with Gasteiger partial charge < -0.3 is 5.32 Å². The van der Waals surface area contributed by atoms with Gasteiger partial charge in [-0.3, -0.25) is 0 Å². The summed E-state index contributed by atoms with van der Waals surface area (Å²) in [4.78, 5) is 4.45. The van der Waals surface area contributed by atoms with Gasteiger partial charge in [-0.15, -0.1) is 11.3 Å². The van der Waals surface area contributed by atoms with Gasteiger partial charge in [-0.05, 0) is 24.3 Å². The molecule has 0 aliphatic heterocycles. The average Bonchev–Trinajstić information content (AvgIpc) is 3.07. The van der Waals surface area contributed by atoms with E-state index in [9.17, 15) is 14.0 Å². The van der Waals surface area contributed by atoms with E-state index < -0.39 is 11.6 Å². The molecule has 25 heavy (non-hydrogen) atoms. The topological polar surface area (TPSA) is 48.7 Å². The van der Waals surface area contributed by atoms with Crippen LogP contribution in [0.5, 0.6) is 0 Å². The van der Waals surface area contributed by atoms with Crippen LogP contribution < -0.4 is 5.32 Å². The Bertz CT molecular complexity index is 975. The summed E-state index contributed by atoms with van der Waals surface area (Å²) in [5, 5.41) is 14.4. The summed E-state index contributed by atoms with van der Waals surface area (Å²) in [5.74, 6) is -1.39. The van der Waals surface area contributed by atoms with Crippen LogP contribution in [-0.2, 0) is 0 Å². The van der Waals surface area contributed by atoms with E-state index in [-0.39, 0.29) is 11.3 Å². The fraction of sp³-hybridized carbons (Fsp3) is 0. The van der Waals surface area contributed by atoms with E-state index in [2.05, 4.69) is 26.2 Å². The van der Waals surface area contributed by atoms with Crippen molar-refractivity contribution in [3.63, 3.8) is 0 Å². The van der Waals surface area contributed by atoms with E-state index in [1.807, 2.05) is 35.7 Å². The second kappa shape index (κ2) is 7.55. The van der Waals surface area contributed by atoms with Crippen LogP contribution in [0.2, 0.25) is 0 Å². The monoisotopic (exact) mass is 417 g/mol. The number of nitrogens with zero attached hydrogens (tertiary/aromatic N) is 2. The highest BCUT2D eigenvalue weighted by molar-refractivity contribution is 9.10. The summed E-state index contributed by atoms with van der Waals surface area (Å²) in [6, 6.07) is 12.9. The van der Waals surface area contributed by atoms with Crippen molar-refractivity contribution in [1.29, 1.82) is 5.26 Å². The van der Waals surface area contributed by atoms with Crippen LogP contribution in [-0.4, -0.2) is 4.98 Å². The first-order valence-corrected chi connectivity index (χ1v) is 8.78. The number of thiazole rings is 1. The average molecular weight is 418 g/mol. The summed E-state index contributed by atoms with van der Waals surface area (Å²) >= 11 is 4.69. The number of benzene rings is 2. The fourth-order valence-electron chi connectivity index (χ4n) is 2.05. The molecule has 0 spiro atoms. The van der Waals surface area contributed by atoms with Gasteiger partial charge in [0.25, 0.3) is 0 Å². The quantitative estimate of drug-likeness (QED) is 0.543. The van der Waals surface area contributed by atoms with Crippen LogP contribution in [0.15, 0.2) is 58.5 Å². The Morgan fingerprint density at radius 1 is 1.20 bits per heavy atom. The first-order chi connectivity index (χ1) is 12.1. The number of nitrogens with one attached hydrogen (secondary N) is 1. The molecule has 3 rings (SSSR count). The molecule has 0 radical (unpaired) electrons. The first-order valence-electron chi connectivity index (χ1n) is 7.10. The van der Waals surface area contributed by atoms with Crippen molar-refractivity contribution >= 4 is 38.5 Å². The number of halogens is 3. The highest BCUT2D eigenvalue weighted by Crippen LogP contribution is 2.27. The van der Waals surface area contributed by atoms with Gasteiger partial charge in [0, 0.05) is 27.7 Å². The van der Waals surface area contributed by atoms with Gasteiger partial charge >= 0.3 is 0 Å². The molecular formula is C18H10BrF2N3S. The predicted octanol–water partition coefficient (Wildman–Crippen LogP) is 5.83. The van der Waals surface area contributed by atoms with E-state index in [1.165, 1.54) is 23.6 Å². The maximum absolute atomic E-state index is 13.6. The zero-order chi connectivity index (χ0) is 17.8. The lowest BCUT2D eigenvalue weighted by Crippen LogP contribution is -1.94. The minimum absolute atomic E-state index is 0.0823. The molecule has 0 unspecified atom stereocenters. The third kappa shape index (κ3) is 4.10. The van der Waals surface area contributed by atoms with Gasteiger partial charge in [0.1, 0.15) is 28.3 Å². The molecule has 7 heteroatoms. The molecular weight excluding hydrogens is 408 g/mol. The number of aromatic nitrogens is 1. The van der Waals surface area contributed by atoms with Crippen LogP contribution in [0.3, 0.4) is 0 Å². The lowest BCUT2D eigenvalue weighted by Gasteiger charge is -2.03. The first kappa shape index (κ1) is 17.3. The third-order valence-corrected chi connectivity index (χ3v) is 4.70. The molecule has 0 atom stereocenters. The van der Waals surface area contributed by atoms with Crippen molar-refractivity contribution < 1.29 is 8.78 Å². The predicted molar refractivity (Wildman–Crippen MR) is 98.8 cm³/mol. The van der Waals surface area contributed by atoms with E-state index in [0.717, 1.165) is 27.9 Å². The van der Waals surface area contributed by atoms with Gasteiger partial charge in [0.15, 0.2) is 0 Å². The minimum atomic E-state index is -0.733. The molecule has 0 bridgehead atoms. The normalized spacial score (nSPS) is 11.2. The van der Waals surface area contributed by atoms with E-state index >= 15 is 0 Å². The van der Waals surface area contributed by atoms with Crippen molar-refractivity contribution in [2.75, 3.05) is 5.32 Å². The Morgan fingerprint density at radius 3 is 2.64 bits per heavy atom. The standard InChI is InChI=1S/C18H10BrF2N3S/c19-13-3-1-11(2-4-13)17-10-25-18(24-17)12(8-22)9-23-16-6-5-14(20)7-15(16)21/h1-7,9-10,23H. The van der Waals surface area contributed by atoms with Crippen molar-refractivity contribution in [3.8, 4) is 17.3 Å². The summed E-state index contributed by atoms with van der Waals surface area (Å²) < 4.78 is 27.5. The second-order valence-corrected chi connectivity index (χ2v) is 6.76. The largest absolute Gasteiger partial charge is 0.358 e. The molecule has 0 fully saturated rings. The number of hydrogen-bond acceptors (Lipinski definition) is 4. The molecule has 1 aromatic heterocycles. The fourth-order valence-corrected chi connectivity index (χ4v) is 3.11. The van der Waals surface area contributed by atoms with Crippen LogP contribution in [0.25, 0.3) is 16.8 Å². The van der Waals surface area contributed by atoms with Crippen molar-refractivity contribution in [1.82, 2.24) is 4.98 Å². The van der Waals surface area contributed by atoms with Crippen molar-refractivity contribution in [2.24, 2.45) is 0 Å². The zero-order valence-corrected chi connectivity index (χ0v) is 15.0. The maximum Gasteiger partial charge on any atom is 0.149 e. The highest BCUT2D eigenvalue weighted by atomic mass is 79.9. The molecule has 3 nitrogen and oxygen atoms in total. The molecule has 0 aliphatic rings. The van der Waals surface area contributed by atoms with Gasteiger partial charge in [0.2, 0.25) is 0 Å². The van der Waals surface area contributed by atoms with Crippen LogP contribution in [0.4, 0.5) is 14.5 Å². The summed E-state index contributed by atoms with van der Waals surface area (Å²) in [7, 11) is 0. The molecule has 0 saturated carbocycles. The number of allylic oxidation sites excluding steroid dienone is 1. The SMILES string of the molecule is N#CC(=CNc1ccc(F)cc1F)c1nc(-c2ccc(Br)cc2)cs1. The van der Waals surface area contributed by atoms with Crippen molar-refractivity contribution in [3.05, 3.63) is 75.2 Å². The van der Waals surface area contributed by atoms with E-state index in [4.69, 9.17) is 0 Å². The number of rotatable bonds is 4. The number of anilines is 1. The Morgan fingerprint density at radius 2 is 1.96 bits per heavy atom. The zero-order valence-electron chi connectivity index (χ0n) is 12.6. The molecule has 1 heterocycles. The van der Waals surface area contributed by atoms with Crippen LogP contribution in [0, 0.1) is 23.0 Å². The van der Waals surface area contributed by atoms with E-state index in [0.29, 0.717) is 5.01 Å².